The molecule has 100 valence electrons. The number of rotatable bonds is 2. The van der Waals surface area contributed by atoms with Crippen LogP contribution in [0.1, 0.15) is 33.6 Å². The minimum atomic E-state index is -0.541. The van der Waals surface area contributed by atoms with E-state index in [4.69, 9.17) is 10.3 Å². The standard InChI is InChI=1S/C12H19N3O3/c1-12(2,3)18-11(17)15-6-4-5-9(8-15)10(16)7-14-13/h7,9H,4-6,8H2,1-3H3/t9-/m0/s1. The van der Waals surface area contributed by atoms with Gasteiger partial charge in [-0.2, -0.15) is 4.79 Å². The number of carbonyl (C=O) groups excluding carboxylic acids is 2. The Morgan fingerprint density at radius 2 is 2.11 bits per heavy atom. The summed E-state index contributed by atoms with van der Waals surface area (Å²) in [7, 11) is 0. The fourth-order valence-corrected chi connectivity index (χ4v) is 1.86. The summed E-state index contributed by atoms with van der Waals surface area (Å²) in [5.74, 6) is -0.562. The monoisotopic (exact) mass is 253 g/mol. The van der Waals surface area contributed by atoms with Crippen molar-refractivity contribution in [1.29, 1.82) is 0 Å². The zero-order valence-electron chi connectivity index (χ0n) is 11.0. The molecule has 0 aromatic heterocycles. The molecule has 6 nitrogen and oxygen atoms in total. The van der Waals surface area contributed by atoms with Crippen LogP contribution in [0.4, 0.5) is 4.79 Å². The molecular formula is C12H19N3O3. The zero-order chi connectivity index (χ0) is 13.8. The molecule has 1 rings (SSSR count). The van der Waals surface area contributed by atoms with E-state index >= 15 is 0 Å². The van der Waals surface area contributed by atoms with Crippen molar-refractivity contribution in [3.63, 3.8) is 0 Å². The third kappa shape index (κ3) is 4.30. The molecule has 0 aliphatic carbocycles. The van der Waals surface area contributed by atoms with Crippen LogP contribution in [0.15, 0.2) is 0 Å². The quantitative estimate of drug-likeness (QED) is 0.425. The Morgan fingerprint density at radius 3 is 2.67 bits per heavy atom. The minimum Gasteiger partial charge on any atom is -0.444 e. The van der Waals surface area contributed by atoms with Crippen LogP contribution in [0, 0.1) is 5.92 Å². The second-order valence-electron chi connectivity index (χ2n) is 5.41. The van der Waals surface area contributed by atoms with Crippen molar-refractivity contribution >= 4 is 18.1 Å². The predicted octanol–water partition coefficient (Wildman–Crippen LogP) is 1.50. The molecule has 0 aromatic carbocycles. The molecule has 0 N–H and O–H groups in total. The lowest BCUT2D eigenvalue weighted by Crippen LogP contribution is -2.44. The molecule has 0 radical (unpaired) electrons. The summed E-state index contributed by atoms with van der Waals surface area (Å²) in [5.41, 5.74) is 7.80. The highest BCUT2D eigenvalue weighted by molar-refractivity contribution is 6.26. The summed E-state index contributed by atoms with van der Waals surface area (Å²) < 4.78 is 5.26. The van der Waals surface area contributed by atoms with Crippen LogP contribution in [-0.2, 0) is 9.53 Å². The summed E-state index contributed by atoms with van der Waals surface area (Å²) in [6.45, 7) is 6.32. The van der Waals surface area contributed by atoms with Crippen molar-refractivity contribution in [2.24, 2.45) is 5.92 Å². The number of hydrogen-bond donors (Lipinski definition) is 0. The Labute approximate surface area is 107 Å². The maximum Gasteiger partial charge on any atom is 0.410 e. The third-order valence-electron chi connectivity index (χ3n) is 2.66. The molecule has 1 amide bonds. The van der Waals surface area contributed by atoms with Gasteiger partial charge in [0, 0.05) is 19.0 Å². The average Bonchev–Trinajstić information content (AvgIpc) is 2.27. The number of ether oxygens (including phenoxy) is 1. The number of ketones is 1. The van der Waals surface area contributed by atoms with Gasteiger partial charge in [0.2, 0.25) is 5.78 Å². The summed E-state index contributed by atoms with van der Waals surface area (Å²) in [6, 6.07) is 0. The van der Waals surface area contributed by atoms with E-state index < -0.39 is 11.7 Å². The van der Waals surface area contributed by atoms with Gasteiger partial charge in [-0.3, -0.25) is 4.79 Å². The number of carbonyl (C=O) groups is 2. The molecule has 1 heterocycles. The van der Waals surface area contributed by atoms with Crippen LogP contribution in [0.25, 0.3) is 5.53 Å². The lowest BCUT2D eigenvalue weighted by molar-refractivity contribution is -0.121. The molecule has 6 heteroatoms. The normalized spacial score (nSPS) is 19.9. The molecule has 1 saturated heterocycles. The first kappa shape index (κ1) is 14.4. The van der Waals surface area contributed by atoms with E-state index in [1.807, 2.05) is 0 Å². The Morgan fingerprint density at radius 1 is 1.44 bits per heavy atom. The second-order valence-corrected chi connectivity index (χ2v) is 5.41. The highest BCUT2D eigenvalue weighted by atomic mass is 16.6. The van der Waals surface area contributed by atoms with Crippen molar-refractivity contribution in [2.75, 3.05) is 13.1 Å². The molecule has 0 bridgehead atoms. The van der Waals surface area contributed by atoms with Crippen LogP contribution in [0.5, 0.6) is 0 Å². The van der Waals surface area contributed by atoms with Gasteiger partial charge in [0.1, 0.15) is 5.60 Å². The highest BCUT2D eigenvalue weighted by Gasteiger charge is 2.31. The molecule has 1 aliphatic heterocycles. The first-order valence-electron chi connectivity index (χ1n) is 6.02. The topological polar surface area (TPSA) is 83.0 Å². The fraction of sp³-hybridized carbons (Fsp3) is 0.750. The van der Waals surface area contributed by atoms with E-state index in [0.717, 1.165) is 12.6 Å². The van der Waals surface area contributed by atoms with E-state index in [1.165, 1.54) is 4.90 Å². The first-order chi connectivity index (χ1) is 8.33. The molecule has 1 atom stereocenters. The largest absolute Gasteiger partial charge is 0.444 e. The van der Waals surface area contributed by atoms with Crippen molar-refractivity contribution < 1.29 is 19.1 Å². The van der Waals surface area contributed by atoms with Crippen molar-refractivity contribution in [3.8, 4) is 0 Å². The van der Waals surface area contributed by atoms with Gasteiger partial charge in [-0.25, -0.2) is 4.79 Å². The van der Waals surface area contributed by atoms with Gasteiger partial charge in [0.15, 0.2) is 0 Å². The number of piperidine rings is 1. The van der Waals surface area contributed by atoms with Gasteiger partial charge in [-0.15, -0.1) is 0 Å². The molecule has 0 unspecified atom stereocenters. The number of nitrogens with zero attached hydrogens (tertiary/aromatic N) is 3. The Balaban J connectivity index is 2.61. The smallest absolute Gasteiger partial charge is 0.410 e. The zero-order valence-corrected chi connectivity index (χ0v) is 11.0. The van der Waals surface area contributed by atoms with Crippen LogP contribution in [0.2, 0.25) is 0 Å². The van der Waals surface area contributed by atoms with Gasteiger partial charge < -0.3 is 15.2 Å². The molecule has 0 spiro atoms. The van der Waals surface area contributed by atoms with Crippen LogP contribution in [0.3, 0.4) is 0 Å². The summed E-state index contributed by atoms with van der Waals surface area (Å²) in [6.07, 6.45) is 1.93. The summed E-state index contributed by atoms with van der Waals surface area (Å²) in [4.78, 5) is 27.7. The lowest BCUT2D eigenvalue weighted by Gasteiger charge is -2.32. The van der Waals surface area contributed by atoms with Crippen LogP contribution < -0.4 is 0 Å². The van der Waals surface area contributed by atoms with Crippen molar-refractivity contribution in [3.05, 3.63) is 5.53 Å². The van der Waals surface area contributed by atoms with Crippen molar-refractivity contribution in [2.45, 2.75) is 39.2 Å². The van der Waals surface area contributed by atoms with E-state index in [-0.39, 0.29) is 11.7 Å². The lowest BCUT2D eigenvalue weighted by atomic mass is 9.94. The number of amides is 1. The first-order valence-corrected chi connectivity index (χ1v) is 6.02. The molecule has 1 fully saturated rings. The Bertz CT molecular complexity index is 381. The molecule has 1 aliphatic rings. The number of hydrogen-bond acceptors (Lipinski definition) is 3. The summed E-state index contributed by atoms with van der Waals surface area (Å²) in [5, 5.41) is 0. The maximum atomic E-state index is 11.8. The van der Waals surface area contributed by atoms with Crippen LogP contribution >= 0.6 is 0 Å². The molecular weight excluding hydrogens is 234 g/mol. The molecule has 18 heavy (non-hydrogen) atoms. The van der Waals surface area contributed by atoms with Gasteiger partial charge in [0.25, 0.3) is 0 Å². The van der Waals surface area contributed by atoms with E-state index in [9.17, 15) is 9.59 Å². The average molecular weight is 253 g/mol. The number of Topliss-reactive ketones (excluding diaryl/α,β-unsaturated/α-hetero) is 1. The fourth-order valence-electron chi connectivity index (χ4n) is 1.86. The van der Waals surface area contributed by atoms with Gasteiger partial charge in [-0.1, -0.05) is 0 Å². The SMILES string of the molecule is CC(C)(C)OC(=O)N1CCC[C@H](C(=O)C=[N+]=[N-])C1. The Hall–Kier alpha value is -1.68. The second kappa shape index (κ2) is 5.78. The maximum absolute atomic E-state index is 11.8. The molecule has 0 saturated carbocycles. The number of likely N-dealkylation sites (tertiary alicyclic amines) is 1. The Kier molecular flexibility index (Phi) is 4.62. The third-order valence-corrected chi connectivity index (χ3v) is 2.66. The predicted molar refractivity (Wildman–Crippen MR) is 65.2 cm³/mol. The summed E-state index contributed by atoms with van der Waals surface area (Å²) >= 11 is 0. The molecule has 0 aromatic rings. The van der Waals surface area contributed by atoms with Crippen molar-refractivity contribution in [1.82, 2.24) is 4.90 Å². The van der Waals surface area contributed by atoms with Gasteiger partial charge >= 0.3 is 12.3 Å². The van der Waals surface area contributed by atoms with E-state index in [0.29, 0.717) is 19.5 Å². The highest BCUT2D eigenvalue weighted by Crippen LogP contribution is 2.19. The van der Waals surface area contributed by atoms with E-state index in [2.05, 4.69) is 4.79 Å². The minimum absolute atomic E-state index is 0.259. The van der Waals surface area contributed by atoms with Gasteiger partial charge in [-0.05, 0) is 33.6 Å². The van der Waals surface area contributed by atoms with Gasteiger partial charge in [0.05, 0.1) is 0 Å². The van der Waals surface area contributed by atoms with E-state index in [1.54, 1.807) is 20.8 Å². The van der Waals surface area contributed by atoms with Crippen LogP contribution in [-0.4, -0.2) is 46.5 Å².